The number of nitrogens with one attached hydrogen (secondary N) is 1. The number of carboxylic acids is 1. The summed E-state index contributed by atoms with van der Waals surface area (Å²) in [4.78, 5) is 25.0. The first-order valence-electron chi connectivity index (χ1n) is 11.9. The van der Waals surface area contributed by atoms with Crippen LogP contribution in [0.1, 0.15) is 33.5 Å². The fourth-order valence-electron chi connectivity index (χ4n) is 4.27. The fourth-order valence-corrected chi connectivity index (χ4v) is 4.74. The minimum atomic E-state index is -1.02. The number of thioether (sulfide) groups is 1. The number of carbonyl (C=O) groups is 2. The van der Waals surface area contributed by atoms with Crippen molar-refractivity contribution in [1.29, 1.82) is 0 Å². The maximum atomic E-state index is 13.3. The number of aliphatic carboxylic acids is 1. The van der Waals surface area contributed by atoms with Crippen LogP contribution in [0.3, 0.4) is 0 Å². The van der Waals surface area contributed by atoms with Crippen molar-refractivity contribution in [3.63, 3.8) is 0 Å². The van der Waals surface area contributed by atoms with Gasteiger partial charge in [0.15, 0.2) is 0 Å². The molecular formula is C31H30LiNO3S. The normalized spacial score (nSPS) is 11.7. The average Bonchev–Trinajstić information content (AvgIpc) is 2.89. The van der Waals surface area contributed by atoms with Crippen LogP contribution in [0.15, 0.2) is 84.9 Å². The van der Waals surface area contributed by atoms with E-state index in [4.69, 9.17) is 0 Å². The van der Waals surface area contributed by atoms with Gasteiger partial charge in [0.05, 0.1) is 0 Å². The SMILES string of the molecule is CSCCC(NC(=O)c1ccc(C=Cc2cccc3ccccc23)cc1-c1ccccc1C)C(=O)O.[LiH]. The Morgan fingerprint density at radius 2 is 1.65 bits per heavy atom. The summed E-state index contributed by atoms with van der Waals surface area (Å²) in [5, 5.41) is 14.7. The molecule has 184 valence electrons. The Kier molecular flexibility index (Phi) is 10.2. The molecule has 0 aromatic heterocycles. The van der Waals surface area contributed by atoms with Crippen LogP contribution in [0.5, 0.6) is 0 Å². The fraction of sp³-hybridized carbons (Fsp3) is 0.161. The molecule has 0 fully saturated rings. The van der Waals surface area contributed by atoms with Gasteiger partial charge in [0.2, 0.25) is 0 Å². The molecule has 0 heterocycles. The van der Waals surface area contributed by atoms with Crippen LogP contribution < -0.4 is 5.32 Å². The Morgan fingerprint density at radius 1 is 0.919 bits per heavy atom. The van der Waals surface area contributed by atoms with E-state index >= 15 is 0 Å². The molecule has 1 amide bonds. The van der Waals surface area contributed by atoms with Crippen molar-refractivity contribution >= 4 is 65.4 Å². The van der Waals surface area contributed by atoms with Crippen LogP contribution in [0.2, 0.25) is 0 Å². The number of hydrogen-bond acceptors (Lipinski definition) is 3. The number of fused-ring (bicyclic) bond motifs is 1. The predicted molar refractivity (Wildman–Crippen MR) is 159 cm³/mol. The first-order chi connectivity index (χ1) is 17.5. The summed E-state index contributed by atoms with van der Waals surface area (Å²) >= 11 is 1.56. The van der Waals surface area contributed by atoms with Crippen molar-refractivity contribution in [2.24, 2.45) is 0 Å². The summed E-state index contributed by atoms with van der Waals surface area (Å²) < 4.78 is 0. The summed E-state index contributed by atoms with van der Waals surface area (Å²) in [6, 6.07) is 27.2. The van der Waals surface area contributed by atoms with E-state index in [0.29, 0.717) is 17.7 Å². The molecule has 0 aliphatic heterocycles. The van der Waals surface area contributed by atoms with Gasteiger partial charge in [0.25, 0.3) is 5.91 Å². The Labute approximate surface area is 234 Å². The molecule has 1 unspecified atom stereocenters. The third-order valence-corrected chi connectivity index (χ3v) is 6.86. The molecule has 0 aliphatic rings. The molecule has 0 saturated carbocycles. The van der Waals surface area contributed by atoms with Gasteiger partial charge < -0.3 is 10.4 Å². The molecule has 6 heteroatoms. The Hall–Kier alpha value is -3.23. The van der Waals surface area contributed by atoms with Gasteiger partial charge in [0.1, 0.15) is 6.04 Å². The molecule has 4 aromatic carbocycles. The van der Waals surface area contributed by atoms with Crippen molar-refractivity contribution < 1.29 is 14.7 Å². The number of carboxylic acid groups (broad SMARTS) is 1. The van der Waals surface area contributed by atoms with E-state index in [1.165, 1.54) is 10.8 Å². The molecule has 2 N–H and O–H groups in total. The Morgan fingerprint density at radius 3 is 2.41 bits per heavy atom. The topological polar surface area (TPSA) is 66.4 Å². The third kappa shape index (κ3) is 6.96. The number of carbonyl (C=O) groups excluding carboxylic acids is 1. The van der Waals surface area contributed by atoms with Crippen LogP contribution >= 0.6 is 11.8 Å². The van der Waals surface area contributed by atoms with Crippen LogP contribution in [-0.2, 0) is 4.79 Å². The summed E-state index contributed by atoms with van der Waals surface area (Å²) in [6.45, 7) is 2.01. The third-order valence-electron chi connectivity index (χ3n) is 6.22. The van der Waals surface area contributed by atoms with Gasteiger partial charge in [-0.3, -0.25) is 4.79 Å². The maximum absolute atomic E-state index is 13.3. The summed E-state index contributed by atoms with van der Waals surface area (Å²) in [7, 11) is 0. The molecule has 4 nitrogen and oxygen atoms in total. The monoisotopic (exact) mass is 503 g/mol. The van der Waals surface area contributed by atoms with Crippen LogP contribution in [-0.4, -0.2) is 53.9 Å². The molecule has 4 rings (SSSR count). The minimum absolute atomic E-state index is 0. The van der Waals surface area contributed by atoms with Gasteiger partial charge in [-0.05, 0) is 76.1 Å². The predicted octanol–water partition coefficient (Wildman–Crippen LogP) is 6.27. The molecule has 1 atom stereocenters. The second kappa shape index (κ2) is 13.4. The molecule has 0 saturated heterocycles. The molecule has 0 radical (unpaired) electrons. The number of hydrogen-bond donors (Lipinski definition) is 2. The van der Waals surface area contributed by atoms with Gasteiger partial charge in [0, 0.05) is 5.56 Å². The zero-order valence-corrected chi connectivity index (χ0v) is 21.2. The molecule has 0 spiro atoms. The van der Waals surface area contributed by atoms with Crippen LogP contribution in [0, 0.1) is 6.92 Å². The van der Waals surface area contributed by atoms with Gasteiger partial charge in [-0.25, -0.2) is 4.79 Å². The number of rotatable bonds is 9. The van der Waals surface area contributed by atoms with Crippen molar-refractivity contribution in [2.75, 3.05) is 12.0 Å². The molecular weight excluding hydrogens is 473 g/mol. The first kappa shape index (κ1) is 28.3. The zero-order chi connectivity index (χ0) is 25.5. The van der Waals surface area contributed by atoms with Crippen LogP contribution in [0.25, 0.3) is 34.1 Å². The van der Waals surface area contributed by atoms with Gasteiger partial charge in [-0.1, -0.05) is 84.9 Å². The van der Waals surface area contributed by atoms with E-state index in [0.717, 1.165) is 27.8 Å². The quantitative estimate of drug-likeness (QED) is 0.209. The number of amides is 1. The van der Waals surface area contributed by atoms with Gasteiger partial charge in [-0.2, -0.15) is 11.8 Å². The van der Waals surface area contributed by atoms with Crippen LogP contribution in [0.4, 0.5) is 0 Å². The van der Waals surface area contributed by atoms with Crippen molar-refractivity contribution in [2.45, 2.75) is 19.4 Å². The van der Waals surface area contributed by atoms with Crippen molar-refractivity contribution in [3.05, 3.63) is 107 Å². The first-order valence-corrected chi connectivity index (χ1v) is 13.3. The van der Waals surface area contributed by atoms with E-state index in [-0.39, 0.29) is 24.8 Å². The molecule has 37 heavy (non-hydrogen) atoms. The Bertz CT molecular complexity index is 1430. The van der Waals surface area contributed by atoms with Crippen molar-refractivity contribution in [3.8, 4) is 11.1 Å². The summed E-state index contributed by atoms with van der Waals surface area (Å²) in [5.74, 6) is -0.754. The van der Waals surface area contributed by atoms with E-state index in [1.54, 1.807) is 17.8 Å². The summed E-state index contributed by atoms with van der Waals surface area (Å²) in [5.41, 5.74) is 5.29. The summed E-state index contributed by atoms with van der Waals surface area (Å²) in [6.07, 6.45) is 6.42. The van der Waals surface area contributed by atoms with E-state index in [2.05, 4.69) is 35.7 Å². The molecule has 0 aliphatic carbocycles. The van der Waals surface area contributed by atoms with E-state index < -0.39 is 12.0 Å². The standard InChI is InChI=1S/C31H29NO3S.Li.H/c1-21-8-3-5-12-25(21)28-20-22(14-16-24-11-7-10-23-9-4-6-13-26(23)24)15-17-27(28)30(33)32-29(31(34)35)18-19-36-2;;/h3-17,20,29H,18-19H2,1-2H3,(H,32,33)(H,34,35);;. The van der Waals surface area contributed by atoms with Crippen molar-refractivity contribution in [1.82, 2.24) is 5.32 Å². The van der Waals surface area contributed by atoms with E-state index in [9.17, 15) is 14.7 Å². The molecule has 0 bridgehead atoms. The zero-order valence-electron chi connectivity index (χ0n) is 20.4. The number of benzene rings is 4. The van der Waals surface area contributed by atoms with E-state index in [1.807, 2.05) is 73.9 Å². The van der Waals surface area contributed by atoms with Gasteiger partial charge >= 0.3 is 24.8 Å². The Balaban J connectivity index is 0.00000380. The average molecular weight is 504 g/mol. The second-order valence-corrected chi connectivity index (χ2v) is 9.65. The second-order valence-electron chi connectivity index (χ2n) is 8.67. The molecule has 4 aromatic rings. The number of aryl methyl sites for hydroxylation is 1. The van der Waals surface area contributed by atoms with Gasteiger partial charge in [-0.15, -0.1) is 0 Å².